The smallest absolute Gasteiger partial charge is 0.262 e. The van der Waals surface area contributed by atoms with Gasteiger partial charge in [0, 0.05) is 19.4 Å². The van der Waals surface area contributed by atoms with Crippen LogP contribution in [0.5, 0.6) is 5.75 Å². The van der Waals surface area contributed by atoms with Gasteiger partial charge in [-0.3, -0.25) is 24.0 Å². The second-order valence-corrected chi connectivity index (χ2v) is 23.1. The zero-order valence-electron chi connectivity index (χ0n) is 37.7. The summed E-state index contributed by atoms with van der Waals surface area (Å²) >= 11 is 0. The van der Waals surface area contributed by atoms with Gasteiger partial charge in [0.1, 0.15) is 35.5 Å². The third-order valence-corrected chi connectivity index (χ3v) is 18.4. The van der Waals surface area contributed by atoms with E-state index in [-0.39, 0.29) is 41.6 Å². The number of hydrogen-bond acceptors (Lipinski definition) is 7. The highest BCUT2D eigenvalue weighted by atomic mass is 28.4. The number of benzene rings is 3. The summed E-state index contributed by atoms with van der Waals surface area (Å²) < 4.78 is 13.2. The monoisotopic (exact) mass is 864 g/mol. The number of carbonyl (C=O) groups excluding carboxylic acids is 5. The lowest BCUT2D eigenvalue weighted by atomic mass is 9.94. The summed E-state index contributed by atoms with van der Waals surface area (Å²) in [6.07, 6.45) is 8.04. The summed E-state index contributed by atoms with van der Waals surface area (Å²) in [5, 5.41) is 10.9. The van der Waals surface area contributed by atoms with Crippen LogP contribution in [0.15, 0.2) is 84.9 Å². The van der Waals surface area contributed by atoms with Crippen LogP contribution in [0.1, 0.15) is 124 Å². The van der Waals surface area contributed by atoms with Crippen LogP contribution < -0.4 is 31.1 Å². The zero-order chi connectivity index (χ0) is 44.5. The standard InChI is InChI=1S/C50H68N4O7Si/c1-7-50(6)48(59)52-42(34-36-29-31-38(32-30-36)60-37-20-17-18-21-37)47(58)54-33-19-27-43(54)46(57)51-41(45(56)53-50)26-15-10-16-28-44(55)35(2)61-62(49(3,4)5,39-22-11-8-12-23-39)40-24-13-9-14-25-40/h8-9,11-14,22-25,29-32,35,37,41-43H,7,10,15-21,26-28,33-34H2,1-6H3,(H,51,57)(H,52,59)(H,53,56)/t35-,41-,42-,43+,50-/m0/s1. The van der Waals surface area contributed by atoms with Crippen LogP contribution in [0.2, 0.25) is 5.04 Å². The predicted octanol–water partition coefficient (Wildman–Crippen LogP) is 6.29. The second kappa shape index (κ2) is 20.6. The fourth-order valence-electron chi connectivity index (χ4n) is 9.41. The maximum Gasteiger partial charge on any atom is 0.262 e. The number of fused-ring (bicyclic) bond motifs is 1. The van der Waals surface area contributed by atoms with Crippen molar-refractivity contribution >= 4 is 48.1 Å². The van der Waals surface area contributed by atoms with Gasteiger partial charge in [0.2, 0.25) is 23.6 Å². The van der Waals surface area contributed by atoms with E-state index in [1.807, 2.05) is 74.5 Å². The predicted molar refractivity (Wildman–Crippen MR) is 245 cm³/mol. The van der Waals surface area contributed by atoms with Crippen LogP contribution >= 0.6 is 0 Å². The number of hydrogen-bond donors (Lipinski definition) is 3. The molecule has 3 aromatic rings. The molecule has 1 aliphatic carbocycles. The molecule has 11 nitrogen and oxygen atoms in total. The van der Waals surface area contributed by atoms with E-state index in [0.717, 1.165) is 34.5 Å². The highest BCUT2D eigenvalue weighted by Crippen LogP contribution is 2.38. The minimum atomic E-state index is -2.92. The molecule has 0 unspecified atom stereocenters. The Kier molecular flexibility index (Phi) is 15.5. The van der Waals surface area contributed by atoms with Crippen molar-refractivity contribution in [2.45, 2.75) is 166 Å². The first-order valence-corrected chi connectivity index (χ1v) is 24.9. The summed E-state index contributed by atoms with van der Waals surface area (Å²) in [7, 11) is -2.92. The molecule has 3 N–H and O–H groups in total. The van der Waals surface area contributed by atoms with Crippen molar-refractivity contribution < 1.29 is 33.1 Å². The topological polar surface area (TPSA) is 143 Å². The minimum absolute atomic E-state index is 0.0226. The van der Waals surface area contributed by atoms with Crippen molar-refractivity contribution in [3.05, 3.63) is 90.5 Å². The van der Waals surface area contributed by atoms with Crippen molar-refractivity contribution in [1.29, 1.82) is 0 Å². The summed E-state index contributed by atoms with van der Waals surface area (Å²) in [6.45, 7) is 12.3. The lowest BCUT2D eigenvalue weighted by Crippen LogP contribution is -2.68. The molecule has 0 aromatic heterocycles. The fourth-order valence-corrected chi connectivity index (χ4v) is 14.1. The van der Waals surface area contributed by atoms with E-state index in [9.17, 15) is 24.0 Å². The molecule has 6 rings (SSSR count). The Morgan fingerprint density at radius 3 is 2.03 bits per heavy atom. The molecule has 0 spiro atoms. The van der Waals surface area contributed by atoms with E-state index in [2.05, 4.69) is 61.0 Å². The van der Waals surface area contributed by atoms with Crippen LogP contribution in [0, 0.1) is 0 Å². The van der Waals surface area contributed by atoms with E-state index in [1.165, 1.54) is 12.8 Å². The lowest BCUT2D eigenvalue weighted by molar-refractivity contribution is -0.144. The summed E-state index contributed by atoms with van der Waals surface area (Å²) in [4.78, 5) is 71.6. The second-order valence-electron chi connectivity index (χ2n) is 18.8. The van der Waals surface area contributed by atoms with Gasteiger partial charge in [0.05, 0.1) is 6.10 Å². The lowest BCUT2D eigenvalue weighted by Gasteiger charge is -2.44. The molecule has 0 radical (unpaired) electrons. The van der Waals surface area contributed by atoms with Crippen LogP contribution in [0.25, 0.3) is 0 Å². The fraction of sp³-hybridized carbons (Fsp3) is 0.540. The molecule has 3 fully saturated rings. The Bertz CT molecular complexity index is 1960. The third-order valence-electron chi connectivity index (χ3n) is 13.3. The number of unbranched alkanes of at least 4 members (excludes halogenated alkanes) is 2. The molecule has 3 aromatic carbocycles. The number of Topliss-reactive ketones (excluding diaryl/α,β-unsaturated/α-hetero) is 1. The Morgan fingerprint density at radius 1 is 0.806 bits per heavy atom. The van der Waals surface area contributed by atoms with E-state index >= 15 is 0 Å². The molecule has 12 heteroatoms. The SMILES string of the molecule is CC[C@]1(C)NC(=O)[C@H](CCCCCC(=O)[C@H](C)O[Si](c2ccccc2)(c2ccccc2)C(C)(C)C)NC(=O)[C@H]2CCCN2C(=O)[C@H](Cc2ccc(OC3CCCC3)cc2)NC1=O. The van der Waals surface area contributed by atoms with Gasteiger partial charge in [0.15, 0.2) is 5.78 Å². The molecule has 2 saturated heterocycles. The summed E-state index contributed by atoms with van der Waals surface area (Å²) in [6, 6.07) is 25.6. The van der Waals surface area contributed by atoms with Crippen LogP contribution in [0.4, 0.5) is 0 Å². The van der Waals surface area contributed by atoms with E-state index < -0.39 is 49.9 Å². The molecule has 2 aliphatic heterocycles. The van der Waals surface area contributed by atoms with E-state index in [4.69, 9.17) is 9.16 Å². The normalized spacial score (nSPS) is 23.4. The van der Waals surface area contributed by atoms with Gasteiger partial charge in [-0.15, -0.1) is 0 Å². The maximum atomic E-state index is 14.3. The molecular weight excluding hydrogens is 797 g/mol. The van der Waals surface area contributed by atoms with Gasteiger partial charge in [0.25, 0.3) is 8.32 Å². The molecule has 4 amide bonds. The van der Waals surface area contributed by atoms with Crippen molar-refractivity contribution in [3.63, 3.8) is 0 Å². The minimum Gasteiger partial charge on any atom is -0.490 e. The van der Waals surface area contributed by atoms with Crippen LogP contribution in [0.3, 0.4) is 0 Å². The number of carbonyl (C=O) groups is 5. The van der Waals surface area contributed by atoms with Crippen molar-refractivity contribution in [2.24, 2.45) is 0 Å². The molecule has 5 atom stereocenters. The quantitative estimate of drug-likeness (QED) is 0.114. The largest absolute Gasteiger partial charge is 0.490 e. The number of nitrogens with one attached hydrogen (secondary N) is 3. The highest BCUT2D eigenvalue weighted by Gasteiger charge is 2.51. The number of ether oxygens (including phenoxy) is 1. The number of amides is 4. The number of rotatable bonds is 16. The van der Waals surface area contributed by atoms with Crippen LogP contribution in [-0.2, 0) is 34.8 Å². The molecule has 334 valence electrons. The van der Waals surface area contributed by atoms with Gasteiger partial charge in [-0.1, -0.05) is 113 Å². The molecule has 0 bridgehead atoms. The average molecular weight is 865 g/mol. The Labute approximate surface area is 369 Å². The van der Waals surface area contributed by atoms with Gasteiger partial charge >= 0.3 is 0 Å². The van der Waals surface area contributed by atoms with Gasteiger partial charge < -0.3 is 30.0 Å². The highest BCUT2D eigenvalue weighted by molar-refractivity contribution is 6.99. The molecule has 3 aliphatic rings. The Hall–Kier alpha value is -4.81. The summed E-state index contributed by atoms with van der Waals surface area (Å²) in [5.74, 6) is -0.801. The molecular formula is C50H68N4O7Si. The van der Waals surface area contributed by atoms with Gasteiger partial charge in [-0.25, -0.2) is 0 Å². The zero-order valence-corrected chi connectivity index (χ0v) is 38.7. The van der Waals surface area contributed by atoms with Crippen LogP contribution in [-0.4, -0.2) is 85.0 Å². The van der Waals surface area contributed by atoms with E-state index in [0.29, 0.717) is 51.5 Å². The van der Waals surface area contributed by atoms with Crippen molar-refractivity contribution in [2.75, 3.05) is 6.54 Å². The first-order valence-electron chi connectivity index (χ1n) is 23.0. The third kappa shape index (κ3) is 10.9. The number of nitrogens with zero attached hydrogens (tertiary/aromatic N) is 1. The molecule has 1 saturated carbocycles. The number of ketones is 1. The van der Waals surface area contributed by atoms with Gasteiger partial charge in [-0.2, -0.15) is 0 Å². The Morgan fingerprint density at radius 2 is 1.44 bits per heavy atom. The van der Waals surface area contributed by atoms with Crippen molar-refractivity contribution in [1.82, 2.24) is 20.9 Å². The Balaban J connectivity index is 1.09. The molecule has 2 heterocycles. The first-order chi connectivity index (χ1) is 29.6. The first kappa shape index (κ1) is 46.7. The van der Waals surface area contributed by atoms with Gasteiger partial charge in [-0.05, 0) is 105 Å². The molecule has 62 heavy (non-hydrogen) atoms. The summed E-state index contributed by atoms with van der Waals surface area (Å²) in [5.41, 5.74) is -0.491. The maximum absolute atomic E-state index is 14.3. The van der Waals surface area contributed by atoms with Crippen molar-refractivity contribution in [3.8, 4) is 5.75 Å². The van der Waals surface area contributed by atoms with E-state index in [1.54, 1.807) is 11.8 Å². The average Bonchev–Trinajstić information content (AvgIpc) is 3.98.